The van der Waals surface area contributed by atoms with E-state index in [1.165, 1.54) is 5.56 Å². The van der Waals surface area contributed by atoms with Crippen molar-refractivity contribution < 1.29 is 0 Å². The molecule has 0 aromatic heterocycles. The van der Waals surface area contributed by atoms with E-state index in [0.29, 0.717) is 6.42 Å². The highest BCUT2D eigenvalue weighted by atomic mass is 35.5. The summed E-state index contributed by atoms with van der Waals surface area (Å²) < 4.78 is 0. The van der Waals surface area contributed by atoms with Gasteiger partial charge in [0.15, 0.2) is 0 Å². The summed E-state index contributed by atoms with van der Waals surface area (Å²) in [6.45, 7) is 1.78. The minimum atomic E-state index is 0.0271. The summed E-state index contributed by atoms with van der Waals surface area (Å²) in [5.74, 6) is 0. The Bertz CT molecular complexity index is 360. The Hall–Kier alpha value is -1.04. The SMILES string of the molecule is N#CCC1(c2ccc(Cl)cc2)CNC1. The summed E-state index contributed by atoms with van der Waals surface area (Å²) in [5.41, 5.74) is 1.24. The number of rotatable bonds is 2. The lowest BCUT2D eigenvalue weighted by atomic mass is 9.73. The van der Waals surface area contributed by atoms with Crippen molar-refractivity contribution in [1.82, 2.24) is 5.32 Å². The maximum absolute atomic E-state index is 8.78. The number of halogens is 1. The molecule has 0 radical (unpaired) electrons. The molecule has 3 heteroatoms. The molecule has 0 aliphatic carbocycles. The molecule has 1 saturated heterocycles. The lowest BCUT2D eigenvalue weighted by Crippen LogP contribution is -2.56. The van der Waals surface area contributed by atoms with Crippen molar-refractivity contribution >= 4 is 11.6 Å². The third-order valence-corrected chi connectivity index (χ3v) is 3.05. The minimum Gasteiger partial charge on any atom is -0.315 e. The summed E-state index contributed by atoms with van der Waals surface area (Å²) in [5, 5.41) is 12.7. The van der Waals surface area contributed by atoms with E-state index in [0.717, 1.165) is 18.1 Å². The van der Waals surface area contributed by atoms with Gasteiger partial charge in [0.05, 0.1) is 6.07 Å². The topological polar surface area (TPSA) is 35.8 Å². The lowest BCUT2D eigenvalue weighted by molar-refractivity contribution is 0.282. The molecule has 0 spiro atoms. The minimum absolute atomic E-state index is 0.0271. The van der Waals surface area contributed by atoms with Crippen LogP contribution in [0.3, 0.4) is 0 Å². The molecular weight excluding hydrogens is 196 g/mol. The van der Waals surface area contributed by atoms with Gasteiger partial charge in [0, 0.05) is 29.9 Å². The number of hydrogen-bond acceptors (Lipinski definition) is 2. The van der Waals surface area contributed by atoms with Gasteiger partial charge in [0.2, 0.25) is 0 Å². The quantitative estimate of drug-likeness (QED) is 0.805. The monoisotopic (exact) mass is 206 g/mol. The van der Waals surface area contributed by atoms with Crippen molar-refractivity contribution in [3.8, 4) is 6.07 Å². The zero-order valence-corrected chi connectivity index (χ0v) is 8.51. The first-order valence-corrected chi connectivity index (χ1v) is 4.98. The van der Waals surface area contributed by atoms with Gasteiger partial charge >= 0.3 is 0 Å². The maximum Gasteiger partial charge on any atom is 0.0632 e. The lowest BCUT2D eigenvalue weighted by Gasteiger charge is -2.41. The molecule has 0 bridgehead atoms. The fraction of sp³-hybridized carbons (Fsp3) is 0.364. The van der Waals surface area contributed by atoms with Crippen LogP contribution in [-0.4, -0.2) is 13.1 Å². The molecule has 2 nitrogen and oxygen atoms in total. The van der Waals surface area contributed by atoms with Gasteiger partial charge in [-0.25, -0.2) is 0 Å². The molecule has 1 aliphatic rings. The number of nitrogens with one attached hydrogen (secondary N) is 1. The zero-order valence-electron chi connectivity index (χ0n) is 7.76. The van der Waals surface area contributed by atoms with E-state index in [1.54, 1.807) is 0 Å². The first-order valence-electron chi connectivity index (χ1n) is 4.61. The fourth-order valence-electron chi connectivity index (χ4n) is 1.81. The fourth-order valence-corrected chi connectivity index (χ4v) is 1.94. The van der Waals surface area contributed by atoms with Crippen molar-refractivity contribution in [2.45, 2.75) is 11.8 Å². The van der Waals surface area contributed by atoms with Crippen molar-refractivity contribution in [3.05, 3.63) is 34.9 Å². The molecule has 0 unspecified atom stereocenters. The van der Waals surface area contributed by atoms with Crippen molar-refractivity contribution in [2.75, 3.05) is 13.1 Å². The Balaban J connectivity index is 2.28. The van der Waals surface area contributed by atoms with Crippen LogP contribution in [0, 0.1) is 11.3 Å². The van der Waals surface area contributed by atoms with Crippen LogP contribution in [0.2, 0.25) is 5.02 Å². The smallest absolute Gasteiger partial charge is 0.0632 e. The van der Waals surface area contributed by atoms with Crippen LogP contribution >= 0.6 is 11.6 Å². The summed E-state index contributed by atoms with van der Waals surface area (Å²) in [4.78, 5) is 0. The second-order valence-corrected chi connectivity index (χ2v) is 4.16. The van der Waals surface area contributed by atoms with Gasteiger partial charge < -0.3 is 5.32 Å². The Morgan fingerprint density at radius 2 is 2.00 bits per heavy atom. The number of benzene rings is 1. The second-order valence-electron chi connectivity index (χ2n) is 3.73. The van der Waals surface area contributed by atoms with Crippen molar-refractivity contribution in [3.63, 3.8) is 0 Å². The van der Waals surface area contributed by atoms with E-state index in [2.05, 4.69) is 11.4 Å². The average molecular weight is 207 g/mol. The predicted octanol–water partition coefficient (Wildman–Crippen LogP) is 2.09. The predicted molar refractivity (Wildman–Crippen MR) is 56.2 cm³/mol. The van der Waals surface area contributed by atoms with Gasteiger partial charge in [-0.3, -0.25) is 0 Å². The number of hydrogen-bond donors (Lipinski definition) is 1. The van der Waals surface area contributed by atoms with Crippen LogP contribution in [0.1, 0.15) is 12.0 Å². The second kappa shape index (κ2) is 3.61. The van der Waals surface area contributed by atoms with Gasteiger partial charge in [-0.2, -0.15) is 5.26 Å². The van der Waals surface area contributed by atoms with E-state index in [1.807, 2.05) is 24.3 Å². The molecular formula is C11H11ClN2. The van der Waals surface area contributed by atoms with Crippen molar-refractivity contribution in [1.29, 1.82) is 5.26 Å². The third kappa shape index (κ3) is 1.50. The first kappa shape index (κ1) is 9.51. The Morgan fingerprint density at radius 1 is 1.36 bits per heavy atom. The molecule has 1 aromatic rings. The standard InChI is InChI=1S/C11H11ClN2/c12-10-3-1-9(2-4-10)11(5-6-13)7-14-8-11/h1-4,14H,5,7-8H2. The molecule has 2 rings (SSSR count). The molecule has 1 heterocycles. The van der Waals surface area contributed by atoms with Crippen LogP contribution < -0.4 is 5.32 Å². The van der Waals surface area contributed by atoms with Gasteiger partial charge in [0.25, 0.3) is 0 Å². The Labute approximate surface area is 88.5 Å². The van der Waals surface area contributed by atoms with Crippen LogP contribution in [-0.2, 0) is 5.41 Å². The summed E-state index contributed by atoms with van der Waals surface area (Å²) in [6.07, 6.45) is 0.571. The van der Waals surface area contributed by atoms with Gasteiger partial charge in [0.1, 0.15) is 0 Å². The molecule has 1 fully saturated rings. The van der Waals surface area contributed by atoms with Crippen LogP contribution in [0.25, 0.3) is 0 Å². The van der Waals surface area contributed by atoms with Crippen LogP contribution in [0.5, 0.6) is 0 Å². The maximum atomic E-state index is 8.78. The normalized spacial score (nSPS) is 18.3. The van der Waals surface area contributed by atoms with E-state index in [9.17, 15) is 0 Å². The number of nitrogens with zero attached hydrogens (tertiary/aromatic N) is 1. The third-order valence-electron chi connectivity index (χ3n) is 2.80. The summed E-state index contributed by atoms with van der Waals surface area (Å²) >= 11 is 5.82. The van der Waals surface area contributed by atoms with E-state index in [4.69, 9.17) is 16.9 Å². The summed E-state index contributed by atoms with van der Waals surface area (Å²) in [7, 11) is 0. The largest absolute Gasteiger partial charge is 0.315 e. The highest BCUT2D eigenvalue weighted by Gasteiger charge is 2.38. The molecule has 1 N–H and O–H groups in total. The van der Waals surface area contributed by atoms with Crippen LogP contribution in [0.4, 0.5) is 0 Å². The molecule has 72 valence electrons. The summed E-state index contributed by atoms with van der Waals surface area (Å²) in [6, 6.07) is 10.0. The van der Waals surface area contributed by atoms with E-state index in [-0.39, 0.29) is 5.41 Å². The van der Waals surface area contributed by atoms with Gasteiger partial charge in [-0.1, -0.05) is 23.7 Å². The molecule has 14 heavy (non-hydrogen) atoms. The highest BCUT2D eigenvalue weighted by molar-refractivity contribution is 6.30. The zero-order chi connectivity index (χ0) is 10.0. The highest BCUT2D eigenvalue weighted by Crippen LogP contribution is 2.32. The van der Waals surface area contributed by atoms with E-state index < -0.39 is 0 Å². The van der Waals surface area contributed by atoms with Crippen molar-refractivity contribution in [2.24, 2.45) is 0 Å². The average Bonchev–Trinajstić information content (AvgIpc) is 2.13. The molecule has 1 aromatic carbocycles. The van der Waals surface area contributed by atoms with Gasteiger partial charge in [-0.05, 0) is 17.7 Å². The molecule has 0 atom stereocenters. The Morgan fingerprint density at radius 3 is 2.43 bits per heavy atom. The number of nitriles is 1. The van der Waals surface area contributed by atoms with E-state index >= 15 is 0 Å². The Kier molecular flexibility index (Phi) is 2.45. The first-order chi connectivity index (χ1) is 6.77. The van der Waals surface area contributed by atoms with Gasteiger partial charge in [-0.15, -0.1) is 0 Å². The van der Waals surface area contributed by atoms with Crippen LogP contribution in [0.15, 0.2) is 24.3 Å². The molecule has 0 saturated carbocycles. The molecule has 1 aliphatic heterocycles. The molecule has 0 amide bonds.